The summed E-state index contributed by atoms with van der Waals surface area (Å²) in [5.74, 6) is -0.842. The largest absolute Gasteiger partial charge is 0.373 e. The lowest BCUT2D eigenvalue weighted by molar-refractivity contribution is -0.124. The Morgan fingerprint density at radius 3 is 2.27 bits per heavy atom. The zero-order chi connectivity index (χ0) is 18.0. The molecule has 4 atom stereocenters. The molecular formula is C20H21N3O3. The maximum absolute atomic E-state index is 13.0. The summed E-state index contributed by atoms with van der Waals surface area (Å²) in [6, 6.07) is 10.1. The van der Waals surface area contributed by atoms with Crippen molar-refractivity contribution in [3.8, 4) is 0 Å². The first-order valence-electron chi connectivity index (χ1n) is 9.17. The minimum absolute atomic E-state index is 0.0913. The van der Waals surface area contributed by atoms with Crippen LogP contribution in [0.15, 0.2) is 30.3 Å². The van der Waals surface area contributed by atoms with Gasteiger partial charge >= 0.3 is 0 Å². The number of fused-ring (bicyclic) bond motifs is 5. The second-order valence-corrected chi connectivity index (χ2v) is 7.52. The fourth-order valence-corrected chi connectivity index (χ4v) is 4.85. The molecule has 6 heteroatoms. The molecule has 3 fully saturated rings. The van der Waals surface area contributed by atoms with Crippen molar-refractivity contribution < 1.29 is 14.3 Å². The van der Waals surface area contributed by atoms with Gasteiger partial charge in [0.05, 0.1) is 47.7 Å². The Bertz CT molecular complexity index is 877. The van der Waals surface area contributed by atoms with Crippen molar-refractivity contribution in [1.82, 2.24) is 9.78 Å². The first-order chi connectivity index (χ1) is 12.6. The van der Waals surface area contributed by atoms with Crippen molar-refractivity contribution in [3.05, 3.63) is 47.3 Å². The molecule has 0 spiro atoms. The molecule has 1 aromatic carbocycles. The van der Waals surface area contributed by atoms with E-state index in [0.717, 1.165) is 24.1 Å². The van der Waals surface area contributed by atoms with Gasteiger partial charge in [0.25, 0.3) is 0 Å². The fraction of sp³-hybridized carbons (Fsp3) is 0.450. The Balaban J connectivity index is 1.51. The van der Waals surface area contributed by atoms with Crippen LogP contribution in [0.4, 0.5) is 5.69 Å². The lowest BCUT2D eigenvalue weighted by Gasteiger charge is -2.18. The zero-order valence-corrected chi connectivity index (χ0v) is 14.9. The van der Waals surface area contributed by atoms with Gasteiger partial charge in [-0.1, -0.05) is 30.3 Å². The third-order valence-electron chi connectivity index (χ3n) is 6.03. The molecule has 3 aliphatic heterocycles. The first-order valence-corrected chi connectivity index (χ1v) is 9.17. The fourth-order valence-electron chi connectivity index (χ4n) is 4.85. The predicted molar refractivity (Wildman–Crippen MR) is 94.6 cm³/mol. The summed E-state index contributed by atoms with van der Waals surface area (Å²) in [5.41, 5.74) is 3.35. The summed E-state index contributed by atoms with van der Waals surface area (Å²) in [6.45, 7) is 4.41. The standard InChI is InChI=1S/C20H21N3O3/c1-11-18(12(2)22(21-11)10-13-6-4-3-5-7-13)23-19(24)16-14-8-9-15(26-14)17(16)20(23)25/h3-7,14-17H,8-10H2,1-2H3. The maximum Gasteiger partial charge on any atom is 0.240 e. The topological polar surface area (TPSA) is 64.4 Å². The number of hydrogen-bond donors (Lipinski definition) is 0. The van der Waals surface area contributed by atoms with E-state index in [1.165, 1.54) is 4.90 Å². The van der Waals surface area contributed by atoms with Crippen molar-refractivity contribution in [1.29, 1.82) is 0 Å². The predicted octanol–water partition coefficient (Wildman–Crippen LogP) is 2.22. The average Bonchev–Trinajstić information content (AvgIpc) is 3.36. The lowest BCUT2D eigenvalue weighted by Crippen LogP contribution is -2.35. The number of amides is 2. The zero-order valence-electron chi connectivity index (χ0n) is 14.9. The number of benzene rings is 1. The molecule has 6 nitrogen and oxygen atoms in total. The number of anilines is 1. The van der Waals surface area contributed by atoms with Gasteiger partial charge in [-0.3, -0.25) is 14.3 Å². The summed E-state index contributed by atoms with van der Waals surface area (Å²) in [5, 5.41) is 4.61. The summed E-state index contributed by atoms with van der Waals surface area (Å²) in [4.78, 5) is 27.5. The van der Waals surface area contributed by atoms with Crippen molar-refractivity contribution in [3.63, 3.8) is 0 Å². The molecule has 4 heterocycles. The molecule has 2 bridgehead atoms. The molecular weight excluding hydrogens is 330 g/mol. The van der Waals surface area contributed by atoms with E-state index in [2.05, 4.69) is 5.10 Å². The monoisotopic (exact) mass is 351 g/mol. The minimum Gasteiger partial charge on any atom is -0.373 e. The van der Waals surface area contributed by atoms with Gasteiger partial charge in [-0.25, -0.2) is 4.90 Å². The van der Waals surface area contributed by atoms with E-state index in [-0.39, 0.29) is 35.9 Å². The Morgan fingerprint density at radius 2 is 1.65 bits per heavy atom. The molecule has 4 unspecified atom stereocenters. The number of carbonyl (C=O) groups is 2. The lowest BCUT2D eigenvalue weighted by atomic mass is 9.81. The summed E-state index contributed by atoms with van der Waals surface area (Å²) < 4.78 is 7.69. The van der Waals surface area contributed by atoms with Gasteiger partial charge in [0.2, 0.25) is 11.8 Å². The van der Waals surface area contributed by atoms with Gasteiger partial charge in [-0.05, 0) is 32.3 Å². The van der Waals surface area contributed by atoms with Crippen LogP contribution in [0.3, 0.4) is 0 Å². The molecule has 134 valence electrons. The summed E-state index contributed by atoms with van der Waals surface area (Å²) in [6.07, 6.45) is 1.58. The third kappa shape index (κ3) is 2.05. The van der Waals surface area contributed by atoms with Crippen LogP contribution in [0.5, 0.6) is 0 Å². The quantitative estimate of drug-likeness (QED) is 0.796. The molecule has 0 saturated carbocycles. The molecule has 2 aromatic rings. The SMILES string of the molecule is Cc1nn(Cc2ccccc2)c(C)c1N1C(=O)C2C3CCC(O3)C2C1=O. The summed E-state index contributed by atoms with van der Waals surface area (Å²) >= 11 is 0. The van der Waals surface area contributed by atoms with Crippen LogP contribution in [0.25, 0.3) is 0 Å². The first kappa shape index (κ1) is 15.8. The van der Waals surface area contributed by atoms with Crippen LogP contribution in [-0.4, -0.2) is 33.8 Å². The van der Waals surface area contributed by atoms with Crippen LogP contribution in [0, 0.1) is 25.7 Å². The van der Waals surface area contributed by atoms with Gasteiger partial charge in [0.15, 0.2) is 0 Å². The number of nitrogens with zero attached hydrogens (tertiary/aromatic N) is 3. The molecule has 2 amide bonds. The average molecular weight is 351 g/mol. The highest BCUT2D eigenvalue weighted by Gasteiger charge is 2.63. The number of imide groups is 1. The number of aromatic nitrogens is 2. The minimum atomic E-state index is -0.308. The number of hydrogen-bond acceptors (Lipinski definition) is 4. The molecule has 3 aliphatic rings. The van der Waals surface area contributed by atoms with Gasteiger partial charge < -0.3 is 4.74 Å². The highest BCUT2D eigenvalue weighted by atomic mass is 16.5. The second-order valence-electron chi connectivity index (χ2n) is 7.52. The number of carbonyl (C=O) groups excluding carboxylic acids is 2. The number of aryl methyl sites for hydroxylation is 1. The molecule has 5 rings (SSSR count). The van der Waals surface area contributed by atoms with Crippen LogP contribution < -0.4 is 4.90 Å². The highest BCUT2D eigenvalue weighted by molar-refractivity contribution is 6.23. The van der Waals surface area contributed by atoms with Crippen LogP contribution >= 0.6 is 0 Å². The van der Waals surface area contributed by atoms with E-state index < -0.39 is 0 Å². The van der Waals surface area contributed by atoms with Crippen molar-refractivity contribution in [2.45, 2.75) is 45.4 Å². The third-order valence-corrected chi connectivity index (χ3v) is 6.03. The molecule has 1 aromatic heterocycles. The Labute approximate surface area is 151 Å². The van der Waals surface area contributed by atoms with Gasteiger partial charge in [0, 0.05) is 0 Å². The smallest absolute Gasteiger partial charge is 0.240 e. The van der Waals surface area contributed by atoms with Crippen molar-refractivity contribution in [2.24, 2.45) is 11.8 Å². The second kappa shape index (κ2) is 5.51. The van der Waals surface area contributed by atoms with Crippen LogP contribution in [0.1, 0.15) is 29.8 Å². The van der Waals surface area contributed by atoms with Crippen molar-refractivity contribution in [2.75, 3.05) is 4.90 Å². The number of rotatable bonds is 3. The van der Waals surface area contributed by atoms with Crippen LogP contribution in [-0.2, 0) is 20.9 Å². The normalized spacial score (nSPS) is 29.7. The Kier molecular flexibility index (Phi) is 3.34. The van der Waals surface area contributed by atoms with Gasteiger partial charge in [0.1, 0.15) is 0 Å². The van der Waals surface area contributed by atoms with Crippen molar-refractivity contribution >= 4 is 17.5 Å². The van der Waals surface area contributed by atoms with Gasteiger partial charge in [-0.2, -0.15) is 5.10 Å². The number of ether oxygens (including phenoxy) is 1. The van der Waals surface area contributed by atoms with Crippen LogP contribution in [0.2, 0.25) is 0 Å². The van der Waals surface area contributed by atoms with Gasteiger partial charge in [-0.15, -0.1) is 0 Å². The molecule has 3 saturated heterocycles. The molecule has 0 aliphatic carbocycles. The Morgan fingerprint density at radius 1 is 1.04 bits per heavy atom. The van der Waals surface area contributed by atoms with E-state index in [1.54, 1.807) is 0 Å². The molecule has 0 N–H and O–H groups in total. The van der Waals surface area contributed by atoms with E-state index in [0.29, 0.717) is 17.9 Å². The molecule has 0 radical (unpaired) electrons. The van der Waals surface area contributed by atoms with E-state index in [9.17, 15) is 9.59 Å². The highest BCUT2D eigenvalue weighted by Crippen LogP contribution is 2.50. The summed E-state index contributed by atoms with van der Waals surface area (Å²) in [7, 11) is 0. The maximum atomic E-state index is 13.0. The Hall–Kier alpha value is -2.47. The van der Waals surface area contributed by atoms with E-state index in [1.807, 2.05) is 48.9 Å². The molecule has 26 heavy (non-hydrogen) atoms. The van der Waals surface area contributed by atoms with E-state index in [4.69, 9.17) is 4.74 Å². The van der Waals surface area contributed by atoms with E-state index >= 15 is 0 Å².